The molecule has 1 atom stereocenters. The van der Waals surface area contributed by atoms with Gasteiger partial charge in [0.1, 0.15) is 17.7 Å². The molecule has 7 heteroatoms. The van der Waals surface area contributed by atoms with Crippen molar-refractivity contribution in [2.45, 2.75) is 18.7 Å². The Morgan fingerprint density at radius 3 is 2.67 bits per heavy atom. The van der Waals surface area contributed by atoms with Crippen molar-refractivity contribution in [2.75, 3.05) is 7.11 Å². The monoisotopic (exact) mass is 340 g/mol. The fourth-order valence-electron chi connectivity index (χ4n) is 2.66. The SMILES string of the molecule is COC(=O)c1cccc(C2Cc3cc(C(F)(F)F)ccc3O2)c1F. The topological polar surface area (TPSA) is 35.5 Å². The number of hydrogen-bond acceptors (Lipinski definition) is 3. The summed E-state index contributed by atoms with van der Waals surface area (Å²) in [5, 5.41) is 0. The van der Waals surface area contributed by atoms with Gasteiger partial charge in [0.2, 0.25) is 0 Å². The molecule has 1 aliphatic rings. The van der Waals surface area contributed by atoms with Crippen molar-refractivity contribution in [2.24, 2.45) is 0 Å². The molecule has 0 fully saturated rings. The van der Waals surface area contributed by atoms with E-state index in [9.17, 15) is 22.4 Å². The van der Waals surface area contributed by atoms with Gasteiger partial charge in [0.15, 0.2) is 0 Å². The maximum Gasteiger partial charge on any atom is 0.416 e. The van der Waals surface area contributed by atoms with E-state index in [0.29, 0.717) is 5.56 Å². The van der Waals surface area contributed by atoms with E-state index in [2.05, 4.69) is 4.74 Å². The molecule has 0 bridgehead atoms. The van der Waals surface area contributed by atoms with Crippen molar-refractivity contribution in [3.63, 3.8) is 0 Å². The fourth-order valence-corrected chi connectivity index (χ4v) is 2.66. The molecule has 0 N–H and O–H groups in total. The fraction of sp³-hybridized carbons (Fsp3) is 0.235. The Balaban J connectivity index is 1.92. The van der Waals surface area contributed by atoms with Gasteiger partial charge in [0.25, 0.3) is 0 Å². The van der Waals surface area contributed by atoms with E-state index in [0.717, 1.165) is 19.2 Å². The first kappa shape index (κ1) is 16.3. The summed E-state index contributed by atoms with van der Waals surface area (Å²) in [6.45, 7) is 0. The second-order valence-electron chi connectivity index (χ2n) is 5.33. The summed E-state index contributed by atoms with van der Waals surface area (Å²) in [6.07, 6.45) is -5.17. The Bertz CT molecular complexity index is 799. The smallest absolute Gasteiger partial charge is 0.416 e. The number of rotatable bonds is 2. The molecule has 0 saturated heterocycles. The van der Waals surface area contributed by atoms with Crippen LogP contribution in [0.3, 0.4) is 0 Å². The minimum Gasteiger partial charge on any atom is -0.485 e. The third-order valence-electron chi connectivity index (χ3n) is 3.84. The van der Waals surface area contributed by atoms with Crippen LogP contribution in [-0.2, 0) is 17.3 Å². The van der Waals surface area contributed by atoms with Crippen molar-refractivity contribution in [1.29, 1.82) is 0 Å². The van der Waals surface area contributed by atoms with Gasteiger partial charge in [-0.25, -0.2) is 9.18 Å². The predicted octanol–water partition coefficient (Wildman–Crippen LogP) is 4.31. The maximum absolute atomic E-state index is 14.5. The van der Waals surface area contributed by atoms with Crippen LogP contribution in [0.15, 0.2) is 36.4 Å². The van der Waals surface area contributed by atoms with Crippen LogP contribution in [0.2, 0.25) is 0 Å². The third kappa shape index (κ3) is 2.81. The molecular formula is C17H12F4O3. The van der Waals surface area contributed by atoms with Crippen LogP contribution >= 0.6 is 0 Å². The highest BCUT2D eigenvalue weighted by Crippen LogP contribution is 2.41. The lowest BCUT2D eigenvalue weighted by Gasteiger charge is -2.13. The van der Waals surface area contributed by atoms with E-state index in [1.165, 1.54) is 24.3 Å². The van der Waals surface area contributed by atoms with Gasteiger partial charge in [0, 0.05) is 12.0 Å². The lowest BCUT2D eigenvalue weighted by atomic mass is 9.99. The van der Waals surface area contributed by atoms with E-state index in [-0.39, 0.29) is 23.3 Å². The van der Waals surface area contributed by atoms with Gasteiger partial charge in [-0.05, 0) is 29.8 Å². The Morgan fingerprint density at radius 1 is 1.25 bits per heavy atom. The van der Waals surface area contributed by atoms with Crippen LogP contribution in [0.1, 0.15) is 33.2 Å². The number of carbonyl (C=O) groups excluding carboxylic acids is 1. The molecule has 1 unspecified atom stereocenters. The Kier molecular flexibility index (Phi) is 3.95. The number of carbonyl (C=O) groups is 1. The van der Waals surface area contributed by atoms with Crippen LogP contribution in [0.4, 0.5) is 17.6 Å². The first-order chi connectivity index (χ1) is 11.3. The molecule has 1 heterocycles. The number of methoxy groups -OCH3 is 1. The van der Waals surface area contributed by atoms with E-state index in [1.54, 1.807) is 0 Å². The molecule has 3 rings (SSSR count). The standard InChI is InChI=1S/C17H12F4O3/c1-23-16(22)12-4-2-3-11(15(12)18)14-8-9-7-10(17(19,20)21)5-6-13(9)24-14/h2-7,14H,8H2,1H3. The van der Waals surface area contributed by atoms with Crippen molar-refractivity contribution in [3.05, 3.63) is 64.5 Å². The van der Waals surface area contributed by atoms with Gasteiger partial charge in [-0.2, -0.15) is 13.2 Å². The second-order valence-corrected chi connectivity index (χ2v) is 5.33. The van der Waals surface area contributed by atoms with E-state index in [4.69, 9.17) is 4.74 Å². The van der Waals surface area contributed by atoms with Gasteiger partial charge in [-0.3, -0.25) is 0 Å². The number of esters is 1. The van der Waals surface area contributed by atoms with E-state index < -0.39 is 29.6 Å². The molecular weight excluding hydrogens is 328 g/mol. The second kappa shape index (κ2) is 5.81. The Hall–Kier alpha value is -2.57. The molecule has 0 spiro atoms. The van der Waals surface area contributed by atoms with Crippen molar-refractivity contribution >= 4 is 5.97 Å². The predicted molar refractivity (Wildman–Crippen MR) is 76.3 cm³/mol. The molecule has 24 heavy (non-hydrogen) atoms. The zero-order valence-corrected chi connectivity index (χ0v) is 12.5. The minimum absolute atomic E-state index is 0.0841. The van der Waals surface area contributed by atoms with Crippen LogP contribution in [-0.4, -0.2) is 13.1 Å². The van der Waals surface area contributed by atoms with E-state index >= 15 is 0 Å². The highest BCUT2D eigenvalue weighted by Gasteiger charge is 2.34. The normalized spacial score (nSPS) is 16.5. The Labute approximate surface area is 134 Å². The molecule has 3 nitrogen and oxygen atoms in total. The summed E-state index contributed by atoms with van der Waals surface area (Å²) in [4.78, 5) is 11.5. The molecule has 0 saturated carbocycles. The lowest BCUT2D eigenvalue weighted by Crippen LogP contribution is -2.11. The number of hydrogen-bond donors (Lipinski definition) is 0. The summed E-state index contributed by atoms with van der Waals surface area (Å²) >= 11 is 0. The number of benzene rings is 2. The average molecular weight is 340 g/mol. The zero-order valence-electron chi connectivity index (χ0n) is 12.5. The molecule has 126 valence electrons. The van der Waals surface area contributed by atoms with Gasteiger partial charge < -0.3 is 9.47 Å². The number of ether oxygens (including phenoxy) is 2. The molecule has 0 aliphatic carbocycles. The molecule has 2 aromatic rings. The first-order valence-corrected chi connectivity index (χ1v) is 7.04. The van der Waals surface area contributed by atoms with E-state index in [1.807, 2.05) is 0 Å². The maximum atomic E-state index is 14.5. The van der Waals surface area contributed by atoms with Gasteiger partial charge in [-0.15, -0.1) is 0 Å². The number of halogens is 4. The van der Waals surface area contributed by atoms with Crippen LogP contribution in [0.25, 0.3) is 0 Å². The summed E-state index contributed by atoms with van der Waals surface area (Å²) in [6, 6.07) is 7.32. The highest BCUT2D eigenvalue weighted by atomic mass is 19.4. The van der Waals surface area contributed by atoms with Gasteiger partial charge >= 0.3 is 12.1 Å². The molecule has 2 aromatic carbocycles. The largest absolute Gasteiger partial charge is 0.485 e. The Morgan fingerprint density at radius 2 is 2.00 bits per heavy atom. The van der Waals surface area contributed by atoms with Crippen LogP contribution < -0.4 is 4.74 Å². The van der Waals surface area contributed by atoms with Crippen molar-refractivity contribution in [3.8, 4) is 5.75 Å². The zero-order chi connectivity index (χ0) is 17.5. The summed E-state index contributed by atoms with van der Waals surface area (Å²) < 4.78 is 62.9. The summed E-state index contributed by atoms with van der Waals surface area (Å²) in [5.41, 5.74) is -0.583. The molecule has 0 amide bonds. The summed E-state index contributed by atoms with van der Waals surface area (Å²) in [5.74, 6) is -1.35. The van der Waals surface area contributed by atoms with Crippen molar-refractivity contribution < 1.29 is 31.8 Å². The van der Waals surface area contributed by atoms with Crippen LogP contribution in [0, 0.1) is 5.82 Å². The summed E-state index contributed by atoms with van der Waals surface area (Å²) in [7, 11) is 1.13. The quantitative estimate of drug-likeness (QED) is 0.604. The highest BCUT2D eigenvalue weighted by molar-refractivity contribution is 5.89. The molecule has 0 aromatic heterocycles. The number of fused-ring (bicyclic) bond motifs is 1. The first-order valence-electron chi connectivity index (χ1n) is 7.04. The van der Waals surface area contributed by atoms with Crippen molar-refractivity contribution in [1.82, 2.24) is 0 Å². The minimum atomic E-state index is -4.46. The lowest BCUT2D eigenvalue weighted by molar-refractivity contribution is -0.137. The molecule has 1 aliphatic heterocycles. The van der Waals surface area contributed by atoms with Gasteiger partial charge in [-0.1, -0.05) is 12.1 Å². The average Bonchev–Trinajstić information content (AvgIpc) is 2.96. The molecule has 0 radical (unpaired) electrons. The number of alkyl halides is 3. The third-order valence-corrected chi connectivity index (χ3v) is 3.84. The van der Waals surface area contributed by atoms with Crippen LogP contribution in [0.5, 0.6) is 5.75 Å². The van der Waals surface area contributed by atoms with Gasteiger partial charge in [0.05, 0.1) is 18.2 Å².